The van der Waals surface area contributed by atoms with Crippen LogP contribution in [0.5, 0.6) is 0 Å². The minimum Gasteiger partial charge on any atom is -0.480 e. The number of sulfonamides is 1. The molecule has 0 bridgehead atoms. The van der Waals surface area contributed by atoms with E-state index in [1.54, 1.807) is 0 Å². The number of carbonyl (C=O) groups excluding carboxylic acids is 1. The third kappa shape index (κ3) is 10.5. The summed E-state index contributed by atoms with van der Waals surface area (Å²) in [5.41, 5.74) is 0. The first-order chi connectivity index (χ1) is 9.26. The van der Waals surface area contributed by atoms with Gasteiger partial charge in [-0.1, -0.05) is 0 Å². The molecule has 0 aliphatic rings. The second kappa shape index (κ2) is 9.50. The van der Waals surface area contributed by atoms with E-state index in [-0.39, 0.29) is 19.5 Å². The van der Waals surface area contributed by atoms with Gasteiger partial charge in [-0.3, -0.25) is 0 Å². The molecule has 4 N–H and O–H groups in total. The summed E-state index contributed by atoms with van der Waals surface area (Å²) in [6.07, 6.45) is 1.75. The van der Waals surface area contributed by atoms with Crippen LogP contribution in [0.25, 0.3) is 0 Å². The summed E-state index contributed by atoms with van der Waals surface area (Å²) in [5, 5.41) is 13.6. The zero-order chi connectivity index (χ0) is 15.6. The van der Waals surface area contributed by atoms with Gasteiger partial charge in [0.2, 0.25) is 10.0 Å². The zero-order valence-electron chi connectivity index (χ0n) is 11.5. The molecule has 0 rings (SSSR count). The summed E-state index contributed by atoms with van der Waals surface area (Å²) in [6.45, 7) is 0.502. The van der Waals surface area contributed by atoms with E-state index in [0.29, 0.717) is 13.0 Å². The molecule has 0 aromatic heterocycles. The molecule has 0 aliphatic heterocycles. The molecule has 2 amide bonds. The summed E-state index contributed by atoms with van der Waals surface area (Å²) < 4.78 is 28.5. The molecule has 10 heteroatoms. The first kappa shape index (κ1) is 18.6. The number of hydrogen-bond donors (Lipinski definition) is 4. The lowest BCUT2D eigenvalue weighted by molar-refractivity contribution is -0.139. The van der Waals surface area contributed by atoms with Gasteiger partial charge in [-0.05, 0) is 12.8 Å². The lowest BCUT2D eigenvalue weighted by Gasteiger charge is -2.15. The zero-order valence-corrected chi connectivity index (χ0v) is 12.3. The molecular formula is C10H21N3O6S. The molecule has 0 radical (unpaired) electrons. The quantitative estimate of drug-likeness (QED) is 0.371. The van der Waals surface area contributed by atoms with Gasteiger partial charge in [0.25, 0.3) is 0 Å². The largest absolute Gasteiger partial charge is 0.480 e. The second-order valence-corrected chi connectivity index (χ2v) is 5.93. The van der Waals surface area contributed by atoms with Crippen LogP contribution >= 0.6 is 0 Å². The highest BCUT2D eigenvalue weighted by atomic mass is 32.2. The van der Waals surface area contributed by atoms with E-state index in [0.717, 1.165) is 6.26 Å². The van der Waals surface area contributed by atoms with Gasteiger partial charge in [0.15, 0.2) is 0 Å². The summed E-state index contributed by atoms with van der Waals surface area (Å²) >= 11 is 0. The monoisotopic (exact) mass is 311 g/mol. The fourth-order valence-electron chi connectivity index (χ4n) is 1.31. The van der Waals surface area contributed by atoms with Gasteiger partial charge < -0.3 is 20.5 Å². The number of ether oxygens (including phenoxy) is 1. The summed E-state index contributed by atoms with van der Waals surface area (Å²) in [4.78, 5) is 22.3. The molecule has 0 aromatic rings. The fraction of sp³-hybridized carbons (Fsp3) is 0.800. The van der Waals surface area contributed by atoms with Gasteiger partial charge >= 0.3 is 12.0 Å². The summed E-state index contributed by atoms with van der Waals surface area (Å²) in [5.74, 6) is -1.13. The Morgan fingerprint density at radius 3 is 2.45 bits per heavy atom. The molecule has 1 atom stereocenters. The van der Waals surface area contributed by atoms with Gasteiger partial charge in [-0.25, -0.2) is 22.7 Å². The van der Waals surface area contributed by atoms with Gasteiger partial charge in [0.1, 0.15) is 6.04 Å². The standard InChI is InChI=1S/C10H21N3O6S/c1-19-7-3-4-8(9(14)15)13-10(16)11-5-6-12-20(2,17)18/h8,12H,3-7H2,1-2H3,(H,14,15)(H2,11,13,16). The molecule has 0 fully saturated rings. The first-order valence-corrected chi connectivity index (χ1v) is 7.86. The van der Waals surface area contributed by atoms with Gasteiger partial charge in [0, 0.05) is 26.8 Å². The van der Waals surface area contributed by atoms with Crippen LogP contribution in [0.1, 0.15) is 12.8 Å². The Balaban J connectivity index is 3.98. The van der Waals surface area contributed by atoms with Crippen LogP contribution in [-0.4, -0.2) is 64.6 Å². The van der Waals surface area contributed by atoms with Crippen molar-refractivity contribution in [3.8, 4) is 0 Å². The molecule has 0 aromatic carbocycles. The number of carboxylic acid groups (broad SMARTS) is 1. The molecule has 0 heterocycles. The van der Waals surface area contributed by atoms with Crippen LogP contribution in [0.3, 0.4) is 0 Å². The molecule has 1 unspecified atom stereocenters. The van der Waals surface area contributed by atoms with E-state index >= 15 is 0 Å². The Kier molecular flexibility index (Phi) is 8.84. The SMILES string of the molecule is COCCCC(NC(=O)NCCNS(C)(=O)=O)C(=O)O. The van der Waals surface area contributed by atoms with Crippen LogP contribution in [0, 0.1) is 0 Å². The van der Waals surface area contributed by atoms with Crippen molar-refractivity contribution in [3.63, 3.8) is 0 Å². The average molecular weight is 311 g/mol. The maximum Gasteiger partial charge on any atom is 0.326 e. The number of nitrogens with one attached hydrogen (secondary N) is 3. The van der Waals surface area contributed by atoms with Crippen LogP contribution in [0.2, 0.25) is 0 Å². The maximum absolute atomic E-state index is 11.4. The van der Waals surface area contributed by atoms with Crippen molar-refractivity contribution in [2.75, 3.05) is 33.1 Å². The maximum atomic E-state index is 11.4. The van der Waals surface area contributed by atoms with Crippen LogP contribution in [-0.2, 0) is 19.6 Å². The molecule has 0 saturated carbocycles. The molecule has 118 valence electrons. The smallest absolute Gasteiger partial charge is 0.326 e. The van der Waals surface area contributed by atoms with Crippen molar-refractivity contribution >= 4 is 22.0 Å². The molecule has 0 spiro atoms. The summed E-state index contributed by atoms with van der Waals surface area (Å²) in [7, 11) is -1.80. The number of carboxylic acids is 1. The number of carbonyl (C=O) groups is 2. The predicted octanol–water partition coefficient (Wildman–Crippen LogP) is -1.29. The van der Waals surface area contributed by atoms with Crippen LogP contribution < -0.4 is 15.4 Å². The van der Waals surface area contributed by atoms with Crippen molar-refractivity contribution in [2.24, 2.45) is 0 Å². The first-order valence-electron chi connectivity index (χ1n) is 5.97. The molecular weight excluding hydrogens is 290 g/mol. The van der Waals surface area contributed by atoms with E-state index < -0.39 is 28.1 Å². The number of rotatable bonds is 10. The molecule has 20 heavy (non-hydrogen) atoms. The minimum atomic E-state index is -3.30. The Hall–Kier alpha value is -1.39. The molecule has 0 saturated heterocycles. The Morgan fingerprint density at radius 1 is 1.30 bits per heavy atom. The van der Waals surface area contributed by atoms with Gasteiger partial charge in [-0.15, -0.1) is 0 Å². The van der Waals surface area contributed by atoms with Crippen molar-refractivity contribution < 1.29 is 27.9 Å². The lowest BCUT2D eigenvalue weighted by atomic mass is 10.1. The van der Waals surface area contributed by atoms with Crippen molar-refractivity contribution in [1.82, 2.24) is 15.4 Å². The fourth-order valence-corrected chi connectivity index (χ4v) is 1.78. The summed E-state index contributed by atoms with van der Waals surface area (Å²) in [6, 6.07) is -1.67. The normalized spacial score (nSPS) is 12.7. The van der Waals surface area contributed by atoms with E-state index in [1.165, 1.54) is 7.11 Å². The average Bonchev–Trinajstić information content (AvgIpc) is 2.32. The van der Waals surface area contributed by atoms with Gasteiger partial charge in [-0.2, -0.15) is 0 Å². The number of hydrogen-bond acceptors (Lipinski definition) is 5. The van der Waals surface area contributed by atoms with Gasteiger partial charge in [0.05, 0.1) is 6.26 Å². The lowest BCUT2D eigenvalue weighted by Crippen LogP contribution is -2.47. The number of urea groups is 1. The topological polar surface area (TPSA) is 134 Å². The Bertz CT molecular complexity index is 411. The highest BCUT2D eigenvalue weighted by Gasteiger charge is 2.19. The molecule has 9 nitrogen and oxygen atoms in total. The number of methoxy groups -OCH3 is 1. The number of aliphatic carboxylic acids is 1. The van der Waals surface area contributed by atoms with E-state index in [2.05, 4.69) is 15.4 Å². The molecule has 0 aliphatic carbocycles. The second-order valence-electron chi connectivity index (χ2n) is 4.09. The van der Waals surface area contributed by atoms with E-state index in [4.69, 9.17) is 9.84 Å². The van der Waals surface area contributed by atoms with E-state index in [1.807, 2.05) is 0 Å². The Morgan fingerprint density at radius 2 is 1.95 bits per heavy atom. The van der Waals surface area contributed by atoms with Crippen molar-refractivity contribution in [1.29, 1.82) is 0 Å². The minimum absolute atomic E-state index is 0.0354. The predicted molar refractivity (Wildman–Crippen MR) is 71.9 cm³/mol. The highest BCUT2D eigenvalue weighted by Crippen LogP contribution is 1.98. The van der Waals surface area contributed by atoms with Crippen LogP contribution in [0.4, 0.5) is 4.79 Å². The highest BCUT2D eigenvalue weighted by molar-refractivity contribution is 7.88. The number of amides is 2. The van der Waals surface area contributed by atoms with Crippen molar-refractivity contribution in [2.45, 2.75) is 18.9 Å². The third-order valence-corrected chi connectivity index (χ3v) is 2.95. The van der Waals surface area contributed by atoms with E-state index in [9.17, 15) is 18.0 Å². The van der Waals surface area contributed by atoms with Crippen LogP contribution in [0.15, 0.2) is 0 Å². The van der Waals surface area contributed by atoms with Crippen molar-refractivity contribution in [3.05, 3.63) is 0 Å². The Labute approximate surface area is 118 Å². The third-order valence-electron chi connectivity index (χ3n) is 2.22.